The average Bonchev–Trinajstić information content (AvgIpc) is 2.82. The van der Waals surface area contributed by atoms with Crippen molar-refractivity contribution in [3.63, 3.8) is 0 Å². The fraction of sp³-hybridized carbons (Fsp3) is 0.240. The maximum atomic E-state index is 12.4. The summed E-state index contributed by atoms with van der Waals surface area (Å²) in [6, 6.07) is 21.5. The molecule has 3 aromatic carbocycles. The molecule has 3 rings (SSSR count). The van der Waals surface area contributed by atoms with Crippen LogP contribution in [-0.4, -0.2) is 33.4 Å². The molecule has 180 valence electrons. The lowest BCUT2D eigenvalue weighted by molar-refractivity contribution is -0.123. The number of nitrogens with zero attached hydrogens (tertiary/aromatic N) is 1. The molecule has 0 saturated heterocycles. The van der Waals surface area contributed by atoms with Gasteiger partial charge in [0.15, 0.2) is 6.61 Å². The lowest BCUT2D eigenvalue weighted by Crippen LogP contribution is -2.31. The fourth-order valence-corrected chi connectivity index (χ4v) is 4.78. The van der Waals surface area contributed by atoms with Crippen molar-refractivity contribution in [2.75, 3.05) is 23.4 Å². The van der Waals surface area contributed by atoms with E-state index in [1.165, 1.54) is 4.31 Å². The number of hydrogen-bond donors (Lipinski definition) is 1. The molecular weight excluding hydrogens is 492 g/mol. The highest BCUT2D eigenvalue weighted by molar-refractivity contribution is 7.98. The van der Waals surface area contributed by atoms with Crippen LogP contribution < -0.4 is 14.4 Å². The summed E-state index contributed by atoms with van der Waals surface area (Å²) in [7, 11) is -3.55. The zero-order valence-electron chi connectivity index (χ0n) is 19.2. The van der Waals surface area contributed by atoms with E-state index in [0.29, 0.717) is 22.0 Å². The van der Waals surface area contributed by atoms with Gasteiger partial charge in [-0.3, -0.25) is 9.10 Å². The van der Waals surface area contributed by atoms with Crippen LogP contribution in [0.4, 0.5) is 5.69 Å². The first-order chi connectivity index (χ1) is 16.2. The Labute approximate surface area is 210 Å². The van der Waals surface area contributed by atoms with Gasteiger partial charge >= 0.3 is 0 Å². The first kappa shape index (κ1) is 25.9. The highest BCUT2D eigenvalue weighted by atomic mass is 35.5. The highest BCUT2D eigenvalue weighted by Gasteiger charge is 2.19. The summed E-state index contributed by atoms with van der Waals surface area (Å²) in [5, 5.41) is 3.41. The van der Waals surface area contributed by atoms with Gasteiger partial charge in [-0.25, -0.2) is 8.42 Å². The molecule has 0 spiro atoms. The first-order valence-corrected chi connectivity index (χ1v) is 14.0. The van der Waals surface area contributed by atoms with Crippen LogP contribution in [0.25, 0.3) is 0 Å². The Hall–Kier alpha value is -2.68. The minimum atomic E-state index is -3.55. The van der Waals surface area contributed by atoms with Gasteiger partial charge in [-0.2, -0.15) is 0 Å². The Morgan fingerprint density at radius 2 is 1.71 bits per heavy atom. The third kappa shape index (κ3) is 7.16. The monoisotopic (exact) mass is 518 g/mol. The van der Waals surface area contributed by atoms with Crippen LogP contribution in [0, 0.1) is 0 Å². The molecule has 0 aliphatic heterocycles. The number of rotatable bonds is 10. The first-order valence-electron chi connectivity index (χ1n) is 10.5. The summed E-state index contributed by atoms with van der Waals surface area (Å²) in [5.41, 5.74) is 2.18. The number of anilines is 1. The summed E-state index contributed by atoms with van der Waals surface area (Å²) in [6.07, 6.45) is 3.16. The summed E-state index contributed by atoms with van der Waals surface area (Å²) in [5.74, 6) is 0.212. The third-order valence-corrected chi connectivity index (χ3v) is 7.41. The van der Waals surface area contributed by atoms with Gasteiger partial charge in [-0.1, -0.05) is 41.9 Å². The number of thioether (sulfide) groups is 1. The van der Waals surface area contributed by atoms with Gasteiger partial charge in [0.05, 0.1) is 24.5 Å². The maximum Gasteiger partial charge on any atom is 0.258 e. The maximum absolute atomic E-state index is 12.4. The molecule has 0 aliphatic carbocycles. The molecule has 0 aromatic heterocycles. The second kappa shape index (κ2) is 11.6. The number of halogens is 1. The molecule has 0 fully saturated rings. The summed E-state index contributed by atoms with van der Waals surface area (Å²) in [4.78, 5) is 13.5. The van der Waals surface area contributed by atoms with Crippen molar-refractivity contribution < 1.29 is 17.9 Å². The standard InChI is InChI=1S/C25H27ClN2O4S2/c1-18(19-8-14-23(33-2)15-9-19)27-25(29)17-32-22-12-10-21(11-13-22)28(34(3,30)31)16-20-6-4-5-7-24(20)26/h4-15,18H,16-17H2,1-3H3,(H,27,29)/t18-/m0/s1. The number of amides is 1. The quantitative estimate of drug-likeness (QED) is 0.369. The number of benzene rings is 3. The van der Waals surface area contributed by atoms with Gasteiger partial charge in [0.25, 0.3) is 5.91 Å². The molecule has 0 unspecified atom stereocenters. The Balaban J connectivity index is 1.60. The zero-order valence-corrected chi connectivity index (χ0v) is 21.6. The molecule has 1 atom stereocenters. The van der Waals surface area contributed by atoms with Crippen LogP contribution in [0.1, 0.15) is 24.1 Å². The van der Waals surface area contributed by atoms with E-state index in [4.69, 9.17) is 16.3 Å². The van der Waals surface area contributed by atoms with E-state index in [1.807, 2.05) is 43.5 Å². The minimum absolute atomic E-state index is 0.108. The van der Waals surface area contributed by atoms with Crippen LogP contribution in [-0.2, 0) is 21.4 Å². The lowest BCUT2D eigenvalue weighted by Gasteiger charge is -2.23. The molecular formula is C25H27ClN2O4S2. The second-order valence-corrected chi connectivity index (χ2v) is 10.9. The van der Waals surface area contributed by atoms with Gasteiger partial charge in [0, 0.05) is 9.92 Å². The molecule has 1 N–H and O–H groups in total. The summed E-state index contributed by atoms with van der Waals surface area (Å²) < 4.78 is 31.7. The largest absolute Gasteiger partial charge is 0.484 e. The molecule has 0 aliphatic rings. The summed E-state index contributed by atoms with van der Waals surface area (Å²) in [6.45, 7) is 1.87. The smallest absolute Gasteiger partial charge is 0.258 e. The molecule has 0 radical (unpaired) electrons. The van der Waals surface area contributed by atoms with Crippen molar-refractivity contribution in [3.8, 4) is 5.75 Å². The normalized spacial score (nSPS) is 12.1. The SMILES string of the molecule is CSc1ccc([C@H](C)NC(=O)COc2ccc(N(Cc3ccccc3Cl)S(C)(=O)=O)cc2)cc1. The van der Waals surface area contributed by atoms with Crippen molar-refractivity contribution in [1.29, 1.82) is 0 Å². The van der Waals surface area contributed by atoms with E-state index < -0.39 is 10.0 Å². The van der Waals surface area contributed by atoms with E-state index >= 15 is 0 Å². The lowest BCUT2D eigenvalue weighted by atomic mass is 10.1. The van der Waals surface area contributed by atoms with E-state index in [1.54, 1.807) is 54.2 Å². The van der Waals surface area contributed by atoms with Crippen LogP contribution in [0.3, 0.4) is 0 Å². The van der Waals surface area contributed by atoms with Crippen LogP contribution in [0.5, 0.6) is 5.75 Å². The average molecular weight is 519 g/mol. The van der Waals surface area contributed by atoms with Crippen LogP contribution in [0.2, 0.25) is 5.02 Å². The second-order valence-electron chi connectivity index (χ2n) is 7.71. The Kier molecular flexibility index (Phi) is 8.88. The molecule has 34 heavy (non-hydrogen) atoms. The number of sulfonamides is 1. The van der Waals surface area contributed by atoms with Gasteiger partial charge in [0.1, 0.15) is 5.75 Å². The van der Waals surface area contributed by atoms with E-state index in [-0.39, 0.29) is 25.1 Å². The number of carbonyl (C=O) groups excluding carboxylic acids is 1. The van der Waals surface area contributed by atoms with Crippen molar-refractivity contribution in [2.45, 2.75) is 24.4 Å². The van der Waals surface area contributed by atoms with E-state index in [0.717, 1.165) is 16.7 Å². The summed E-state index contributed by atoms with van der Waals surface area (Å²) >= 11 is 7.87. The molecule has 0 heterocycles. The predicted octanol–water partition coefficient (Wildman–Crippen LogP) is 5.28. The fourth-order valence-electron chi connectivity index (χ4n) is 3.30. The number of carbonyl (C=O) groups is 1. The molecule has 0 bridgehead atoms. The zero-order chi connectivity index (χ0) is 24.7. The van der Waals surface area contributed by atoms with Crippen molar-refractivity contribution in [1.82, 2.24) is 5.32 Å². The van der Waals surface area contributed by atoms with Crippen molar-refractivity contribution in [3.05, 3.63) is 88.9 Å². The van der Waals surface area contributed by atoms with Gasteiger partial charge in [0.2, 0.25) is 10.0 Å². The Morgan fingerprint density at radius 3 is 2.29 bits per heavy atom. The van der Waals surface area contributed by atoms with Gasteiger partial charge in [-0.05, 0) is 66.8 Å². The third-order valence-electron chi connectivity index (χ3n) is 5.16. The topological polar surface area (TPSA) is 75.7 Å². The van der Waals surface area contributed by atoms with Crippen LogP contribution >= 0.6 is 23.4 Å². The Morgan fingerprint density at radius 1 is 1.06 bits per heavy atom. The molecule has 3 aromatic rings. The van der Waals surface area contributed by atoms with Crippen molar-refractivity contribution in [2.24, 2.45) is 0 Å². The number of hydrogen-bond acceptors (Lipinski definition) is 5. The molecule has 0 saturated carbocycles. The molecule has 1 amide bonds. The minimum Gasteiger partial charge on any atom is -0.484 e. The van der Waals surface area contributed by atoms with Gasteiger partial charge < -0.3 is 10.1 Å². The number of nitrogens with one attached hydrogen (secondary N) is 1. The van der Waals surface area contributed by atoms with Crippen molar-refractivity contribution >= 4 is 45.0 Å². The highest BCUT2D eigenvalue weighted by Crippen LogP contribution is 2.26. The number of ether oxygens (including phenoxy) is 1. The Bertz CT molecular complexity index is 1220. The van der Waals surface area contributed by atoms with E-state index in [9.17, 15) is 13.2 Å². The molecule has 6 nitrogen and oxygen atoms in total. The van der Waals surface area contributed by atoms with Crippen LogP contribution in [0.15, 0.2) is 77.7 Å². The van der Waals surface area contributed by atoms with Gasteiger partial charge in [-0.15, -0.1) is 11.8 Å². The predicted molar refractivity (Wildman–Crippen MR) is 139 cm³/mol. The van der Waals surface area contributed by atoms with E-state index in [2.05, 4.69) is 5.32 Å². The molecule has 9 heteroatoms.